The fourth-order valence-corrected chi connectivity index (χ4v) is 1.76. The molecule has 1 aromatic heterocycles. The van der Waals surface area contributed by atoms with Gasteiger partial charge in [-0.2, -0.15) is 13.2 Å². The molecule has 1 atom stereocenters. The average molecular weight is 297 g/mol. The first kappa shape index (κ1) is 15.1. The van der Waals surface area contributed by atoms with E-state index in [0.29, 0.717) is 0 Å². The highest BCUT2D eigenvalue weighted by atomic mass is 19.4. The van der Waals surface area contributed by atoms with Crippen molar-refractivity contribution in [1.82, 2.24) is 10.2 Å². The summed E-state index contributed by atoms with van der Waals surface area (Å²) in [6.07, 6.45) is -4.48. The van der Waals surface area contributed by atoms with Crippen LogP contribution in [-0.2, 0) is 6.18 Å². The van der Waals surface area contributed by atoms with Crippen LogP contribution in [0, 0.1) is 0 Å². The van der Waals surface area contributed by atoms with Crippen molar-refractivity contribution in [3.05, 3.63) is 47.7 Å². The first-order valence-electron chi connectivity index (χ1n) is 6.21. The topological polar surface area (TPSA) is 47.0 Å². The van der Waals surface area contributed by atoms with Crippen molar-refractivity contribution in [2.75, 3.05) is 12.4 Å². The average Bonchev–Trinajstić information content (AvgIpc) is 2.47. The van der Waals surface area contributed by atoms with Crippen molar-refractivity contribution in [3.63, 3.8) is 0 Å². The van der Waals surface area contributed by atoms with Crippen molar-refractivity contribution < 1.29 is 17.9 Å². The second kappa shape index (κ2) is 5.99. The smallest absolute Gasteiger partial charge is 0.435 e. The number of hydrogen-bond donors (Lipinski definition) is 1. The van der Waals surface area contributed by atoms with Crippen LogP contribution in [0.25, 0.3) is 0 Å². The number of rotatable bonds is 4. The molecule has 1 N–H and O–H groups in total. The van der Waals surface area contributed by atoms with E-state index in [1.807, 2.05) is 31.2 Å². The number of hydrogen-bond acceptors (Lipinski definition) is 4. The summed E-state index contributed by atoms with van der Waals surface area (Å²) in [5, 5.41) is 9.70. The third-order valence-corrected chi connectivity index (χ3v) is 2.94. The number of nitrogens with zero attached hydrogens (tertiary/aromatic N) is 2. The SMILES string of the molecule is COc1ccc(C(C)Nc2ccc(C(F)(F)F)nn2)cc1. The lowest BCUT2D eigenvalue weighted by atomic mass is 10.1. The summed E-state index contributed by atoms with van der Waals surface area (Å²) in [6, 6.07) is 9.40. The molecule has 2 aromatic rings. The van der Waals surface area contributed by atoms with Gasteiger partial charge in [0.2, 0.25) is 0 Å². The highest BCUT2D eigenvalue weighted by Gasteiger charge is 2.32. The number of methoxy groups -OCH3 is 1. The summed E-state index contributed by atoms with van der Waals surface area (Å²) in [6.45, 7) is 1.88. The van der Waals surface area contributed by atoms with Crippen molar-refractivity contribution >= 4 is 5.82 Å². The van der Waals surface area contributed by atoms with Crippen LogP contribution >= 0.6 is 0 Å². The molecule has 0 amide bonds. The van der Waals surface area contributed by atoms with Crippen molar-refractivity contribution in [2.45, 2.75) is 19.1 Å². The van der Waals surface area contributed by atoms with Crippen LogP contribution in [0.5, 0.6) is 5.75 Å². The fourth-order valence-electron chi connectivity index (χ4n) is 1.76. The van der Waals surface area contributed by atoms with E-state index in [1.165, 1.54) is 6.07 Å². The molecule has 0 saturated carbocycles. The first-order chi connectivity index (χ1) is 9.90. The maximum atomic E-state index is 12.4. The van der Waals surface area contributed by atoms with Gasteiger partial charge < -0.3 is 10.1 Å². The maximum Gasteiger partial charge on any atom is 0.435 e. The maximum absolute atomic E-state index is 12.4. The van der Waals surface area contributed by atoms with E-state index in [4.69, 9.17) is 4.74 Å². The number of halogens is 3. The second-order valence-corrected chi connectivity index (χ2v) is 4.44. The van der Waals surface area contributed by atoms with Crippen LogP contribution in [0.2, 0.25) is 0 Å². The van der Waals surface area contributed by atoms with Crippen LogP contribution in [-0.4, -0.2) is 17.3 Å². The standard InChI is InChI=1S/C14H14F3N3O/c1-9(10-3-5-11(21-2)6-4-10)18-13-8-7-12(19-20-13)14(15,16)17/h3-9H,1-2H3,(H,18,20). The molecular weight excluding hydrogens is 283 g/mol. The molecule has 1 heterocycles. The summed E-state index contributed by atoms with van der Waals surface area (Å²) >= 11 is 0. The Morgan fingerprint density at radius 1 is 1.05 bits per heavy atom. The Labute approximate surface area is 120 Å². The number of benzene rings is 1. The molecule has 0 saturated heterocycles. The Morgan fingerprint density at radius 3 is 2.19 bits per heavy atom. The van der Waals surface area contributed by atoms with Gasteiger partial charge in [-0.15, -0.1) is 10.2 Å². The van der Waals surface area contributed by atoms with Crippen molar-refractivity contribution in [2.24, 2.45) is 0 Å². The molecule has 0 fully saturated rings. The Hall–Kier alpha value is -2.31. The predicted octanol–water partition coefficient (Wildman–Crippen LogP) is 3.68. The molecule has 112 valence electrons. The zero-order chi connectivity index (χ0) is 15.5. The Morgan fingerprint density at radius 2 is 1.71 bits per heavy atom. The molecular formula is C14H14F3N3O. The minimum atomic E-state index is -4.48. The van der Waals surface area contributed by atoms with Crippen LogP contribution < -0.4 is 10.1 Å². The number of ether oxygens (including phenoxy) is 1. The summed E-state index contributed by atoms with van der Waals surface area (Å²) in [5.41, 5.74) is -0.0531. The normalized spacial score (nSPS) is 12.8. The van der Waals surface area contributed by atoms with Gasteiger partial charge in [-0.1, -0.05) is 12.1 Å². The molecule has 1 unspecified atom stereocenters. The van der Waals surface area contributed by atoms with Gasteiger partial charge in [0.15, 0.2) is 5.69 Å². The second-order valence-electron chi connectivity index (χ2n) is 4.44. The Balaban J connectivity index is 2.06. The minimum absolute atomic E-state index is 0.123. The largest absolute Gasteiger partial charge is 0.497 e. The van der Waals surface area contributed by atoms with Gasteiger partial charge in [-0.25, -0.2) is 0 Å². The molecule has 4 nitrogen and oxygen atoms in total. The van der Waals surface area contributed by atoms with E-state index in [1.54, 1.807) is 7.11 Å². The van der Waals surface area contributed by atoms with E-state index in [0.717, 1.165) is 17.4 Å². The molecule has 2 rings (SSSR count). The highest BCUT2D eigenvalue weighted by molar-refractivity contribution is 5.38. The highest BCUT2D eigenvalue weighted by Crippen LogP contribution is 2.27. The molecule has 0 aliphatic rings. The molecule has 7 heteroatoms. The quantitative estimate of drug-likeness (QED) is 0.935. The van der Waals surface area contributed by atoms with Gasteiger partial charge in [0.1, 0.15) is 11.6 Å². The van der Waals surface area contributed by atoms with Crippen LogP contribution in [0.4, 0.5) is 19.0 Å². The van der Waals surface area contributed by atoms with Gasteiger partial charge in [0.05, 0.1) is 13.2 Å². The van der Waals surface area contributed by atoms with E-state index < -0.39 is 11.9 Å². The zero-order valence-electron chi connectivity index (χ0n) is 11.5. The fraction of sp³-hybridized carbons (Fsp3) is 0.286. The van der Waals surface area contributed by atoms with Gasteiger partial charge in [0, 0.05) is 0 Å². The lowest BCUT2D eigenvalue weighted by Crippen LogP contribution is -2.12. The zero-order valence-corrected chi connectivity index (χ0v) is 11.5. The third kappa shape index (κ3) is 3.84. The van der Waals surface area contributed by atoms with E-state index >= 15 is 0 Å². The molecule has 0 spiro atoms. The van der Waals surface area contributed by atoms with Crippen molar-refractivity contribution in [3.8, 4) is 5.75 Å². The summed E-state index contributed by atoms with van der Waals surface area (Å²) in [4.78, 5) is 0. The van der Waals surface area contributed by atoms with Crippen molar-refractivity contribution in [1.29, 1.82) is 0 Å². The van der Waals surface area contributed by atoms with Gasteiger partial charge >= 0.3 is 6.18 Å². The first-order valence-corrected chi connectivity index (χ1v) is 6.21. The monoisotopic (exact) mass is 297 g/mol. The van der Waals surface area contributed by atoms with Gasteiger partial charge in [-0.3, -0.25) is 0 Å². The van der Waals surface area contributed by atoms with Gasteiger partial charge in [0.25, 0.3) is 0 Å². The molecule has 1 aromatic carbocycles. The molecule has 0 aliphatic carbocycles. The summed E-state index contributed by atoms with van der Waals surface area (Å²) < 4.78 is 42.2. The lowest BCUT2D eigenvalue weighted by Gasteiger charge is -2.15. The summed E-state index contributed by atoms with van der Waals surface area (Å²) in [5.74, 6) is 1.02. The Kier molecular flexibility index (Phi) is 4.30. The minimum Gasteiger partial charge on any atom is -0.497 e. The summed E-state index contributed by atoms with van der Waals surface area (Å²) in [7, 11) is 1.58. The van der Waals surface area contributed by atoms with Crippen LogP contribution in [0.3, 0.4) is 0 Å². The molecule has 0 aliphatic heterocycles. The molecule has 21 heavy (non-hydrogen) atoms. The third-order valence-electron chi connectivity index (χ3n) is 2.94. The molecule has 0 bridgehead atoms. The number of alkyl halides is 3. The number of aromatic nitrogens is 2. The number of anilines is 1. The van der Waals surface area contributed by atoms with Crippen LogP contribution in [0.15, 0.2) is 36.4 Å². The van der Waals surface area contributed by atoms with E-state index in [2.05, 4.69) is 15.5 Å². The van der Waals surface area contributed by atoms with Gasteiger partial charge in [-0.05, 0) is 36.8 Å². The predicted molar refractivity (Wildman–Crippen MR) is 72.1 cm³/mol. The van der Waals surface area contributed by atoms with E-state index in [9.17, 15) is 13.2 Å². The lowest BCUT2D eigenvalue weighted by molar-refractivity contribution is -0.141. The van der Waals surface area contributed by atoms with E-state index in [-0.39, 0.29) is 11.9 Å². The van der Waals surface area contributed by atoms with Crippen LogP contribution in [0.1, 0.15) is 24.2 Å². The Bertz CT molecular complexity index is 582. The number of nitrogens with one attached hydrogen (secondary N) is 1. The molecule has 0 radical (unpaired) electrons.